The zero-order valence-corrected chi connectivity index (χ0v) is 17.4. The number of hydrogen-bond acceptors (Lipinski definition) is 6. The molecule has 4 rings (SSSR count). The van der Waals surface area contributed by atoms with E-state index in [0.29, 0.717) is 11.3 Å². The molecule has 4 aromatic rings. The minimum absolute atomic E-state index is 0.0379. The summed E-state index contributed by atoms with van der Waals surface area (Å²) in [6.07, 6.45) is 0. The third kappa shape index (κ3) is 4.96. The van der Waals surface area contributed by atoms with Gasteiger partial charge in [-0.25, -0.2) is 0 Å². The Labute approximate surface area is 187 Å². The van der Waals surface area contributed by atoms with Crippen molar-refractivity contribution < 1.29 is 19.2 Å². The number of rotatable bonds is 6. The first-order chi connectivity index (χ1) is 15.0. The Morgan fingerprint density at radius 2 is 1.71 bits per heavy atom. The van der Waals surface area contributed by atoms with Gasteiger partial charge in [-0.15, -0.1) is 0 Å². The van der Waals surface area contributed by atoms with E-state index in [2.05, 4.69) is 15.5 Å². The molecule has 0 aliphatic rings. The monoisotopic (exact) mass is 455 g/mol. The van der Waals surface area contributed by atoms with Crippen molar-refractivity contribution in [1.29, 1.82) is 0 Å². The number of nitrogens with zero attached hydrogens (tertiary/aromatic N) is 2. The lowest BCUT2D eigenvalue weighted by Crippen LogP contribution is -2.23. The summed E-state index contributed by atoms with van der Waals surface area (Å²) in [5, 5.41) is 16.2. The zero-order valence-electron chi connectivity index (χ0n) is 15.9. The Morgan fingerprint density at radius 1 is 1.00 bits per heavy atom. The first-order valence-electron chi connectivity index (χ1n) is 9.12. The standard InChI is InChI=1S/C22H15Cl2N3O4/c23-17-10-14(11-18(24)19(17)28)20-26-22(31-27-20)21(29)25-12-13-5-4-8-16(9-13)30-15-6-2-1-3-7-15/h1-11,28H,12H2,(H,25,29). The molecule has 0 unspecified atom stereocenters. The molecular formula is C22H15Cl2N3O4. The van der Waals surface area contributed by atoms with Gasteiger partial charge in [0.25, 0.3) is 0 Å². The van der Waals surface area contributed by atoms with Crippen LogP contribution in [0.2, 0.25) is 10.0 Å². The molecule has 2 N–H and O–H groups in total. The van der Waals surface area contributed by atoms with Crippen molar-refractivity contribution in [3.8, 4) is 28.6 Å². The average Bonchev–Trinajstić information content (AvgIpc) is 3.27. The molecule has 0 fully saturated rings. The molecule has 0 spiro atoms. The lowest BCUT2D eigenvalue weighted by Gasteiger charge is -2.08. The van der Waals surface area contributed by atoms with Crippen molar-refractivity contribution in [2.75, 3.05) is 0 Å². The Hall–Kier alpha value is -3.55. The molecule has 1 heterocycles. The van der Waals surface area contributed by atoms with E-state index in [4.69, 9.17) is 32.5 Å². The van der Waals surface area contributed by atoms with Crippen molar-refractivity contribution in [2.24, 2.45) is 0 Å². The number of carbonyl (C=O) groups excluding carboxylic acids is 1. The van der Waals surface area contributed by atoms with Gasteiger partial charge in [-0.3, -0.25) is 4.79 Å². The highest BCUT2D eigenvalue weighted by atomic mass is 35.5. The molecule has 0 radical (unpaired) electrons. The second-order valence-corrected chi connectivity index (χ2v) is 7.27. The van der Waals surface area contributed by atoms with E-state index in [9.17, 15) is 9.90 Å². The number of phenolic OH excluding ortho intramolecular Hbond substituents is 1. The molecule has 0 aliphatic carbocycles. The molecule has 1 amide bonds. The molecule has 156 valence electrons. The van der Waals surface area contributed by atoms with Crippen molar-refractivity contribution in [1.82, 2.24) is 15.5 Å². The Morgan fingerprint density at radius 3 is 2.45 bits per heavy atom. The Bertz CT molecular complexity index is 1210. The summed E-state index contributed by atoms with van der Waals surface area (Å²) in [7, 11) is 0. The van der Waals surface area contributed by atoms with E-state index in [-0.39, 0.29) is 34.1 Å². The van der Waals surface area contributed by atoms with Gasteiger partial charge in [0.2, 0.25) is 5.82 Å². The minimum Gasteiger partial charge on any atom is -0.505 e. The molecule has 0 saturated carbocycles. The summed E-state index contributed by atoms with van der Waals surface area (Å²) >= 11 is 11.8. The van der Waals surface area contributed by atoms with Gasteiger partial charge in [-0.05, 0) is 42.0 Å². The van der Waals surface area contributed by atoms with Crippen molar-refractivity contribution in [3.05, 3.63) is 88.2 Å². The first kappa shape index (κ1) is 20.7. The molecule has 7 nitrogen and oxygen atoms in total. The van der Waals surface area contributed by atoms with Crippen molar-refractivity contribution >= 4 is 29.1 Å². The summed E-state index contributed by atoms with van der Waals surface area (Å²) in [6.45, 7) is 0.236. The van der Waals surface area contributed by atoms with Crippen LogP contribution in [0.25, 0.3) is 11.4 Å². The SMILES string of the molecule is O=C(NCc1cccc(Oc2ccccc2)c1)c1nc(-c2cc(Cl)c(O)c(Cl)c2)no1. The van der Waals surface area contributed by atoms with Crippen LogP contribution in [0.4, 0.5) is 0 Å². The second-order valence-electron chi connectivity index (χ2n) is 6.46. The topological polar surface area (TPSA) is 97.5 Å². The highest BCUT2D eigenvalue weighted by Gasteiger charge is 2.18. The van der Waals surface area contributed by atoms with Gasteiger partial charge >= 0.3 is 11.8 Å². The largest absolute Gasteiger partial charge is 0.505 e. The van der Waals surface area contributed by atoms with Crippen LogP contribution in [0.1, 0.15) is 16.2 Å². The van der Waals surface area contributed by atoms with E-state index in [1.807, 2.05) is 54.6 Å². The number of hydrogen-bond donors (Lipinski definition) is 2. The van der Waals surface area contributed by atoms with Gasteiger partial charge in [0.1, 0.15) is 11.5 Å². The maximum absolute atomic E-state index is 12.4. The van der Waals surface area contributed by atoms with Gasteiger partial charge in [0.15, 0.2) is 5.75 Å². The van der Waals surface area contributed by atoms with Crippen LogP contribution in [-0.2, 0) is 6.54 Å². The fourth-order valence-corrected chi connectivity index (χ4v) is 3.22. The Balaban J connectivity index is 1.41. The lowest BCUT2D eigenvalue weighted by molar-refractivity contribution is 0.0907. The number of para-hydroxylation sites is 1. The predicted molar refractivity (Wildman–Crippen MR) is 116 cm³/mol. The van der Waals surface area contributed by atoms with E-state index in [1.165, 1.54) is 12.1 Å². The number of nitrogens with one attached hydrogen (secondary N) is 1. The summed E-state index contributed by atoms with van der Waals surface area (Å²) in [6, 6.07) is 19.6. The summed E-state index contributed by atoms with van der Waals surface area (Å²) in [5.41, 5.74) is 1.24. The van der Waals surface area contributed by atoms with Crippen LogP contribution in [0.5, 0.6) is 17.2 Å². The maximum atomic E-state index is 12.4. The predicted octanol–water partition coefficient (Wildman–Crippen LogP) is 5.47. The summed E-state index contributed by atoms with van der Waals surface area (Å²) in [5.74, 6) is 0.492. The van der Waals surface area contributed by atoms with Crippen molar-refractivity contribution in [2.45, 2.75) is 6.54 Å². The molecule has 31 heavy (non-hydrogen) atoms. The van der Waals surface area contributed by atoms with Gasteiger partial charge in [0, 0.05) is 12.1 Å². The minimum atomic E-state index is -0.538. The molecule has 9 heteroatoms. The molecule has 0 bridgehead atoms. The quantitative estimate of drug-likeness (QED) is 0.399. The smallest absolute Gasteiger partial charge is 0.316 e. The number of aromatic hydroxyl groups is 1. The van der Waals surface area contributed by atoms with E-state index >= 15 is 0 Å². The number of halogens is 2. The van der Waals surface area contributed by atoms with Crippen LogP contribution >= 0.6 is 23.2 Å². The second kappa shape index (κ2) is 9.07. The van der Waals surface area contributed by atoms with Gasteiger partial charge < -0.3 is 19.7 Å². The van der Waals surface area contributed by atoms with Crippen LogP contribution in [0.3, 0.4) is 0 Å². The van der Waals surface area contributed by atoms with Gasteiger partial charge in [0.05, 0.1) is 10.0 Å². The number of phenols is 1. The van der Waals surface area contributed by atoms with Gasteiger partial charge in [-0.1, -0.05) is 58.7 Å². The van der Waals surface area contributed by atoms with Crippen LogP contribution in [0, 0.1) is 0 Å². The molecule has 0 aliphatic heterocycles. The van der Waals surface area contributed by atoms with Crippen LogP contribution in [0.15, 0.2) is 71.3 Å². The third-order valence-corrected chi connectivity index (χ3v) is 4.80. The summed E-state index contributed by atoms with van der Waals surface area (Å²) < 4.78 is 10.8. The highest BCUT2D eigenvalue weighted by molar-refractivity contribution is 6.37. The zero-order chi connectivity index (χ0) is 21.8. The molecule has 0 atom stereocenters. The number of carbonyl (C=O) groups is 1. The normalized spacial score (nSPS) is 10.6. The van der Waals surface area contributed by atoms with Crippen LogP contribution in [-0.4, -0.2) is 21.2 Å². The first-order valence-corrected chi connectivity index (χ1v) is 9.87. The fraction of sp³-hybridized carbons (Fsp3) is 0.0455. The van der Waals surface area contributed by atoms with E-state index in [1.54, 1.807) is 0 Å². The number of ether oxygens (including phenoxy) is 1. The third-order valence-electron chi connectivity index (χ3n) is 4.23. The van der Waals surface area contributed by atoms with Crippen molar-refractivity contribution in [3.63, 3.8) is 0 Å². The Kier molecular flexibility index (Phi) is 6.06. The lowest BCUT2D eigenvalue weighted by atomic mass is 10.2. The molecule has 0 saturated heterocycles. The fourth-order valence-electron chi connectivity index (χ4n) is 2.73. The molecule has 1 aromatic heterocycles. The maximum Gasteiger partial charge on any atom is 0.316 e. The highest BCUT2D eigenvalue weighted by Crippen LogP contribution is 2.35. The van der Waals surface area contributed by atoms with Crippen LogP contribution < -0.4 is 10.1 Å². The number of amides is 1. The van der Waals surface area contributed by atoms with E-state index in [0.717, 1.165) is 11.3 Å². The molecule has 3 aromatic carbocycles. The number of benzene rings is 3. The number of aromatic nitrogens is 2. The summed E-state index contributed by atoms with van der Waals surface area (Å²) in [4.78, 5) is 16.5. The average molecular weight is 456 g/mol. The van der Waals surface area contributed by atoms with E-state index < -0.39 is 5.91 Å². The molecular weight excluding hydrogens is 441 g/mol. The van der Waals surface area contributed by atoms with Gasteiger partial charge in [-0.2, -0.15) is 4.98 Å².